The van der Waals surface area contributed by atoms with Gasteiger partial charge in [-0.3, -0.25) is 13.9 Å². The van der Waals surface area contributed by atoms with Gasteiger partial charge in [-0.2, -0.15) is 0 Å². The second-order valence-electron chi connectivity index (χ2n) is 10.7. The molecule has 1 atom stereocenters. The molecule has 0 unspecified atom stereocenters. The van der Waals surface area contributed by atoms with Gasteiger partial charge in [0.15, 0.2) is 11.5 Å². The fourth-order valence-electron chi connectivity index (χ4n) is 4.99. The first-order chi connectivity index (χ1) is 22.6. The Balaban J connectivity index is 1.82. The van der Waals surface area contributed by atoms with Crippen LogP contribution in [-0.4, -0.2) is 58.5 Å². The summed E-state index contributed by atoms with van der Waals surface area (Å²) in [4.78, 5) is 29.4. The highest BCUT2D eigenvalue weighted by atomic mass is 35.5. The van der Waals surface area contributed by atoms with E-state index in [-0.39, 0.29) is 35.2 Å². The Morgan fingerprint density at radius 1 is 0.872 bits per heavy atom. The van der Waals surface area contributed by atoms with Gasteiger partial charge >= 0.3 is 0 Å². The molecule has 0 heterocycles. The van der Waals surface area contributed by atoms with Crippen molar-refractivity contribution in [3.63, 3.8) is 0 Å². The molecule has 0 saturated heterocycles. The maximum absolute atomic E-state index is 14.5. The number of nitrogens with one attached hydrogen (secondary N) is 1. The average molecular weight is 682 g/mol. The molecule has 0 bridgehead atoms. The molecule has 47 heavy (non-hydrogen) atoms. The van der Waals surface area contributed by atoms with Crippen molar-refractivity contribution in [3.05, 3.63) is 119 Å². The quantitative estimate of drug-likeness (QED) is 0.169. The van der Waals surface area contributed by atoms with E-state index in [1.165, 1.54) is 49.5 Å². The molecule has 0 aliphatic heterocycles. The van der Waals surface area contributed by atoms with Gasteiger partial charge in [-0.15, -0.1) is 0 Å². The molecule has 9 nitrogen and oxygen atoms in total. The molecule has 1 N–H and O–H groups in total. The van der Waals surface area contributed by atoms with Crippen molar-refractivity contribution in [3.8, 4) is 11.5 Å². The summed E-state index contributed by atoms with van der Waals surface area (Å²) in [6, 6.07) is 23.9. The number of ether oxygens (including phenoxy) is 2. The lowest BCUT2D eigenvalue weighted by Crippen LogP contribution is -2.53. The van der Waals surface area contributed by atoms with E-state index in [1.54, 1.807) is 24.3 Å². The zero-order valence-corrected chi connectivity index (χ0v) is 27.9. The van der Waals surface area contributed by atoms with Crippen LogP contribution in [0.25, 0.3) is 0 Å². The summed E-state index contributed by atoms with van der Waals surface area (Å²) >= 11 is 6.28. The van der Waals surface area contributed by atoms with E-state index in [0.717, 1.165) is 22.0 Å². The smallest absolute Gasteiger partial charge is 0.264 e. The third-order valence-corrected chi connectivity index (χ3v) is 9.40. The summed E-state index contributed by atoms with van der Waals surface area (Å²) in [5, 5.41) is 3.34. The number of hydrogen-bond acceptors (Lipinski definition) is 6. The number of hydrogen-bond donors (Lipinski definition) is 1. The maximum Gasteiger partial charge on any atom is 0.264 e. The van der Waals surface area contributed by atoms with Crippen LogP contribution in [0.2, 0.25) is 5.02 Å². The lowest BCUT2D eigenvalue weighted by atomic mass is 10.0. The Hall–Kier alpha value is -4.61. The number of anilines is 1. The minimum atomic E-state index is -4.45. The first-order valence-electron chi connectivity index (χ1n) is 14.9. The van der Waals surface area contributed by atoms with E-state index in [0.29, 0.717) is 29.3 Å². The average Bonchev–Trinajstić information content (AvgIpc) is 3.08. The van der Waals surface area contributed by atoms with Crippen molar-refractivity contribution in [1.82, 2.24) is 10.2 Å². The molecule has 12 heteroatoms. The van der Waals surface area contributed by atoms with Crippen LogP contribution in [0.15, 0.2) is 102 Å². The van der Waals surface area contributed by atoms with E-state index in [2.05, 4.69) is 5.32 Å². The Morgan fingerprint density at radius 2 is 1.55 bits per heavy atom. The number of rotatable bonds is 15. The summed E-state index contributed by atoms with van der Waals surface area (Å²) in [5.41, 5.74) is 1.50. The largest absolute Gasteiger partial charge is 0.493 e. The normalized spacial score (nSPS) is 11.8. The molecule has 0 radical (unpaired) electrons. The number of sulfonamides is 1. The Bertz CT molecular complexity index is 1770. The topological polar surface area (TPSA) is 105 Å². The van der Waals surface area contributed by atoms with Gasteiger partial charge in [-0.1, -0.05) is 61.0 Å². The summed E-state index contributed by atoms with van der Waals surface area (Å²) in [7, 11) is -1.65. The van der Waals surface area contributed by atoms with Crippen LogP contribution in [0.5, 0.6) is 11.5 Å². The molecule has 248 valence electrons. The van der Waals surface area contributed by atoms with Gasteiger partial charge in [0.1, 0.15) is 18.4 Å². The van der Waals surface area contributed by atoms with Gasteiger partial charge in [0.25, 0.3) is 10.0 Å². The highest BCUT2D eigenvalue weighted by Gasteiger charge is 2.35. The predicted octanol–water partition coefficient (Wildman–Crippen LogP) is 5.86. The van der Waals surface area contributed by atoms with E-state index in [1.807, 2.05) is 37.3 Å². The van der Waals surface area contributed by atoms with Crippen LogP contribution >= 0.6 is 11.6 Å². The van der Waals surface area contributed by atoms with Gasteiger partial charge in [-0.25, -0.2) is 12.8 Å². The van der Waals surface area contributed by atoms with Crippen molar-refractivity contribution in [2.45, 2.75) is 37.2 Å². The maximum atomic E-state index is 14.5. The lowest BCUT2D eigenvalue weighted by Gasteiger charge is -2.34. The first kappa shape index (κ1) is 35.2. The standard InChI is InChI=1S/C35H37ClFN3O6S/c1-4-19-38-35(42)31(21-25-9-6-5-7-10-25)39(23-26-11-8-12-27(36)20-26)34(41)24-40(29-15-13-28(37)14-16-29)47(43,44)30-17-18-32(45-2)33(22-30)46-3/h5-18,20,22,31H,4,19,21,23-24H2,1-3H3,(H,38,42)/t31-/m0/s1. The van der Waals surface area contributed by atoms with Gasteiger partial charge in [-0.05, 0) is 66.1 Å². The van der Waals surface area contributed by atoms with Gasteiger partial charge in [0.2, 0.25) is 11.8 Å². The number of halogens is 2. The van der Waals surface area contributed by atoms with E-state index in [9.17, 15) is 22.4 Å². The molecule has 0 saturated carbocycles. The Kier molecular flexibility index (Phi) is 12.2. The number of carbonyl (C=O) groups is 2. The zero-order valence-electron chi connectivity index (χ0n) is 26.4. The molecule has 2 amide bonds. The van der Waals surface area contributed by atoms with Crippen molar-refractivity contribution in [2.24, 2.45) is 0 Å². The lowest BCUT2D eigenvalue weighted by molar-refractivity contribution is -0.140. The Morgan fingerprint density at radius 3 is 2.19 bits per heavy atom. The number of nitrogens with zero attached hydrogens (tertiary/aromatic N) is 2. The molecule has 0 aliphatic carbocycles. The van der Waals surface area contributed by atoms with Gasteiger partial charge < -0.3 is 19.7 Å². The fourth-order valence-corrected chi connectivity index (χ4v) is 6.64. The fraction of sp³-hybridized carbons (Fsp3) is 0.257. The Labute approximate surface area is 279 Å². The van der Waals surface area contributed by atoms with Crippen LogP contribution in [-0.2, 0) is 32.6 Å². The van der Waals surface area contributed by atoms with Crippen LogP contribution in [0, 0.1) is 5.82 Å². The second-order valence-corrected chi connectivity index (χ2v) is 13.0. The van der Waals surface area contributed by atoms with Crippen molar-refractivity contribution < 1.29 is 31.9 Å². The number of carbonyl (C=O) groups excluding carboxylic acids is 2. The minimum Gasteiger partial charge on any atom is -0.493 e. The van der Waals surface area contributed by atoms with Crippen molar-refractivity contribution in [1.29, 1.82) is 0 Å². The van der Waals surface area contributed by atoms with Crippen LogP contribution in [0.4, 0.5) is 10.1 Å². The van der Waals surface area contributed by atoms with E-state index >= 15 is 0 Å². The van der Waals surface area contributed by atoms with Crippen LogP contribution in [0.1, 0.15) is 24.5 Å². The third-order valence-electron chi connectivity index (χ3n) is 7.40. The number of methoxy groups -OCH3 is 2. The summed E-state index contributed by atoms with van der Waals surface area (Å²) in [5.74, 6) is -1.16. The summed E-state index contributed by atoms with van der Waals surface area (Å²) in [6.07, 6.45) is 0.843. The number of amides is 2. The zero-order chi connectivity index (χ0) is 34.0. The molecular formula is C35H37ClFN3O6S. The molecule has 0 aromatic heterocycles. The molecule has 4 aromatic rings. The molecule has 0 fully saturated rings. The molecule has 4 rings (SSSR count). The monoisotopic (exact) mass is 681 g/mol. The van der Waals surface area contributed by atoms with Crippen molar-refractivity contribution >= 4 is 39.1 Å². The van der Waals surface area contributed by atoms with E-state index < -0.39 is 34.3 Å². The first-order valence-corrected chi connectivity index (χ1v) is 16.7. The van der Waals surface area contributed by atoms with Crippen LogP contribution in [0.3, 0.4) is 0 Å². The summed E-state index contributed by atoms with van der Waals surface area (Å²) < 4.78 is 54.0. The van der Waals surface area contributed by atoms with Crippen molar-refractivity contribution in [2.75, 3.05) is 31.6 Å². The van der Waals surface area contributed by atoms with Gasteiger partial charge in [0, 0.05) is 30.6 Å². The molecule has 0 spiro atoms. The SMILES string of the molecule is CCCNC(=O)[C@H](Cc1ccccc1)N(Cc1cccc(Cl)c1)C(=O)CN(c1ccc(F)cc1)S(=O)(=O)c1ccc(OC)c(OC)c1. The van der Waals surface area contributed by atoms with E-state index in [4.69, 9.17) is 21.1 Å². The third kappa shape index (κ3) is 9.02. The molecule has 4 aromatic carbocycles. The highest BCUT2D eigenvalue weighted by molar-refractivity contribution is 7.92. The second kappa shape index (κ2) is 16.3. The molecule has 0 aliphatic rings. The summed E-state index contributed by atoms with van der Waals surface area (Å²) in [6.45, 7) is 1.57. The minimum absolute atomic E-state index is 0.0376. The van der Waals surface area contributed by atoms with Crippen LogP contribution < -0.4 is 19.1 Å². The molecular weight excluding hydrogens is 645 g/mol. The predicted molar refractivity (Wildman–Crippen MR) is 180 cm³/mol. The van der Waals surface area contributed by atoms with Gasteiger partial charge in [0.05, 0.1) is 24.8 Å². The number of benzene rings is 4. The highest BCUT2D eigenvalue weighted by Crippen LogP contribution is 2.32.